The third kappa shape index (κ3) is 54.0. The lowest BCUT2D eigenvalue weighted by atomic mass is 9.92. The molecule has 0 radical (unpaired) electrons. The van der Waals surface area contributed by atoms with Gasteiger partial charge in [0.15, 0.2) is 0 Å². The molecule has 0 saturated heterocycles. The Morgan fingerprint density at radius 3 is 0.514 bits per heavy atom. The van der Waals surface area contributed by atoms with E-state index in [2.05, 4.69) is 37.5 Å². The Balaban J connectivity index is -0.000000325. The first-order chi connectivity index (χ1) is 45.8. The van der Waals surface area contributed by atoms with Crippen molar-refractivity contribution < 1.29 is 193 Å². The van der Waals surface area contributed by atoms with Crippen LogP contribution >= 0.6 is 0 Å². The van der Waals surface area contributed by atoms with Crippen LogP contribution in [0.1, 0.15) is 112 Å². The fourth-order valence-corrected chi connectivity index (χ4v) is 6.55. The van der Waals surface area contributed by atoms with Crippen LogP contribution in [0.2, 0.25) is 0 Å². The summed E-state index contributed by atoms with van der Waals surface area (Å²) in [6, 6.07) is 0. The van der Waals surface area contributed by atoms with Crippen molar-refractivity contribution in [2.75, 3.05) is 185 Å². The highest BCUT2D eigenvalue weighted by atomic mass is 19.4. The Hall–Kier alpha value is -2.43. The predicted octanol–water partition coefficient (Wildman–Crippen LogP) is 14.1. The largest absolute Gasteiger partial charge is 0.455 e. The Labute approximate surface area is 598 Å². The summed E-state index contributed by atoms with van der Waals surface area (Å²) in [5, 5.41) is 56.2. The normalized spacial score (nSPS) is 16.1. The molecule has 0 saturated carbocycles. The summed E-state index contributed by atoms with van der Waals surface area (Å²) in [6.07, 6.45) is -30.7. The summed E-state index contributed by atoms with van der Waals surface area (Å²) in [5.74, 6) is -20.2. The maximum Gasteiger partial charge on any atom is 0.455 e. The fourth-order valence-electron chi connectivity index (χ4n) is 6.55. The van der Waals surface area contributed by atoms with Crippen LogP contribution < -0.4 is 0 Å². The molecule has 642 valence electrons. The van der Waals surface area contributed by atoms with Gasteiger partial charge in [-0.1, -0.05) is 112 Å². The molecule has 0 aromatic heterocycles. The number of aliphatic hydroxyl groups is 6. The minimum Gasteiger partial charge on any atom is -0.396 e. The third-order valence-electron chi connectivity index (χ3n) is 13.2. The van der Waals surface area contributed by atoms with Crippen molar-refractivity contribution in [3.05, 3.63) is 0 Å². The van der Waals surface area contributed by atoms with Crippen molar-refractivity contribution in [3.63, 3.8) is 0 Å². The van der Waals surface area contributed by atoms with Gasteiger partial charge in [0.05, 0.1) is 145 Å². The van der Waals surface area contributed by atoms with Crippen molar-refractivity contribution in [1.82, 2.24) is 0 Å². The van der Waals surface area contributed by atoms with Crippen LogP contribution in [0.5, 0.6) is 0 Å². The van der Waals surface area contributed by atoms with Gasteiger partial charge in [-0.25, -0.2) is 8.78 Å². The minimum atomic E-state index is -5.98. The summed E-state index contributed by atoms with van der Waals surface area (Å²) >= 11 is 0. The highest BCUT2D eigenvalue weighted by Crippen LogP contribution is 2.39. The SMILES string of the molecule is C.C.CC(C)(CO)COCC(C)(C)COCC(C)(C)CO.CC(C)(COCC(C)(CO)COCC(F)(F)C(F)(F)F)COCC(C)(CO)COCC(F)(F)C(F)(F)F.CC(C)(COCC(C)(CO)COCC(F)(F)F)COCC(C)(CO)COCC(F)(F)F.FC(F)C(F)(F)COCC(F)(F)C(F)(F)F. The van der Waals surface area contributed by atoms with Crippen LogP contribution in [0.25, 0.3) is 0 Å². The third-order valence-corrected chi connectivity index (χ3v) is 13.2. The van der Waals surface area contributed by atoms with Gasteiger partial charge < -0.3 is 82.7 Å². The number of aliphatic hydroxyl groups excluding tert-OH is 6. The van der Waals surface area contributed by atoms with Gasteiger partial charge in [-0.15, -0.1) is 0 Å². The number of halogens is 25. The van der Waals surface area contributed by atoms with Crippen molar-refractivity contribution in [1.29, 1.82) is 0 Å². The Morgan fingerprint density at radius 1 is 0.210 bits per heavy atom. The predicted molar refractivity (Wildman–Crippen MR) is 332 cm³/mol. The highest BCUT2D eigenvalue weighted by molar-refractivity contribution is 4.83. The molecule has 0 aromatic rings. The van der Waals surface area contributed by atoms with Gasteiger partial charge in [-0.2, -0.15) is 101 Å². The first-order valence-electron chi connectivity index (χ1n) is 31.0. The molecule has 0 rings (SSSR count). The van der Waals surface area contributed by atoms with E-state index < -0.39 is 173 Å². The quantitative estimate of drug-likeness (QED) is 0.0312. The molecule has 0 heterocycles. The first kappa shape index (κ1) is 113. The molecule has 42 heteroatoms. The van der Waals surface area contributed by atoms with E-state index in [9.17, 15) is 130 Å². The van der Waals surface area contributed by atoms with Crippen LogP contribution in [-0.4, -0.2) is 277 Å². The highest BCUT2D eigenvalue weighted by Gasteiger charge is 2.60. The summed E-state index contributed by atoms with van der Waals surface area (Å²) in [6.45, 7) is 11.2. The summed E-state index contributed by atoms with van der Waals surface area (Å²) in [4.78, 5) is 0. The van der Waals surface area contributed by atoms with Gasteiger partial charge in [-0.3, -0.25) is 0 Å². The maximum absolute atomic E-state index is 13.0. The average molecular weight is 1620 g/mol. The Bertz CT molecular complexity index is 2110. The zero-order valence-electron chi connectivity index (χ0n) is 60.0. The molecule has 0 bridgehead atoms. The molecule has 0 amide bonds. The molecule has 4 atom stereocenters. The number of ether oxygens (including phenoxy) is 11. The summed E-state index contributed by atoms with van der Waals surface area (Å²) < 4.78 is 358. The van der Waals surface area contributed by atoms with E-state index in [0.29, 0.717) is 26.4 Å². The van der Waals surface area contributed by atoms with Crippen LogP contribution in [-0.2, 0) is 52.1 Å². The Kier molecular flexibility index (Phi) is 51.0. The van der Waals surface area contributed by atoms with Crippen LogP contribution in [0.4, 0.5) is 110 Å². The topological polar surface area (TPSA) is 223 Å². The molecule has 6 N–H and O–H groups in total. The van der Waals surface area contributed by atoms with Crippen molar-refractivity contribution in [2.24, 2.45) is 48.7 Å². The van der Waals surface area contributed by atoms with Gasteiger partial charge in [0.25, 0.3) is 0 Å². The molecule has 0 fully saturated rings. The zero-order valence-corrected chi connectivity index (χ0v) is 60.0. The van der Waals surface area contributed by atoms with Gasteiger partial charge >= 0.3 is 61.0 Å². The lowest BCUT2D eigenvalue weighted by molar-refractivity contribution is -0.302. The van der Waals surface area contributed by atoms with Crippen LogP contribution in [0, 0.1) is 48.7 Å². The lowest BCUT2D eigenvalue weighted by Crippen LogP contribution is -2.43. The van der Waals surface area contributed by atoms with E-state index in [1.807, 2.05) is 27.7 Å². The van der Waals surface area contributed by atoms with Crippen molar-refractivity contribution in [2.45, 2.75) is 173 Å². The molecule has 17 nitrogen and oxygen atoms in total. The molecule has 0 aliphatic carbocycles. The van der Waals surface area contributed by atoms with Gasteiger partial charge in [0, 0.05) is 48.7 Å². The van der Waals surface area contributed by atoms with Gasteiger partial charge in [-0.05, 0) is 0 Å². The second-order valence-corrected chi connectivity index (χ2v) is 30.3. The minimum absolute atomic E-state index is 0. The average Bonchev–Trinajstić information content (AvgIpc) is 0.848. The first-order valence-corrected chi connectivity index (χ1v) is 31.0. The fraction of sp³-hybridized carbons (Fsp3) is 1.00. The van der Waals surface area contributed by atoms with E-state index in [-0.39, 0.29) is 110 Å². The number of hydrogen-bond acceptors (Lipinski definition) is 17. The standard InChI is InChI=1S/C21H34F10O6.C19H34F6O6.C15H32O4.C6H5F9O.2CH4/c1-15(2,7-34-9-16(3,5-32)11-36-13-18(22,23)20(26,27)28)8-35-10-17(4,6-33)12-37-14-19(24,25)21(29,30)31;1-15(2,7-28-9-16(3,5-26)11-30-13-18(20,21)22)8-29-10-17(4,6-27)12-31-14-19(23,24)25;1-13(2,7-16)9-18-11-15(5,6)12-19-10-14(3,4)8-17;7-3(8)4(9,10)1-16-2-5(11,12)6(13,14)15;;/h32-33H,5-14H2,1-4H3;26-27H,5-14H2,1-4H3;16-17H,7-12H2,1-6H3;3H,1-2H2;2*1H4. The molecule has 0 aromatic carbocycles. The van der Waals surface area contributed by atoms with E-state index in [1.165, 1.54) is 27.7 Å². The Morgan fingerprint density at radius 2 is 0.362 bits per heavy atom. The van der Waals surface area contributed by atoms with Crippen molar-refractivity contribution in [3.8, 4) is 0 Å². The molecular weight excluding hydrogens is 1500 g/mol. The smallest absolute Gasteiger partial charge is 0.396 e. The molecule has 0 aliphatic rings. The van der Waals surface area contributed by atoms with Crippen LogP contribution in [0.15, 0.2) is 0 Å². The summed E-state index contributed by atoms with van der Waals surface area (Å²) in [5.41, 5.74) is -6.41. The monoisotopic (exact) mass is 1620 g/mol. The summed E-state index contributed by atoms with van der Waals surface area (Å²) in [7, 11) is 0. The molecule has 0 spiro atoms. The zero-order chi connectivity index (χ0) is 82.2. The number of rotatable bonds is 49. The second-order valence-electron chi connectivity index (χ2n) is 30.3. The van der Waals surface area contributed by atoms with Gasteiger partial charge in [0.1, 0.15) is 39.6 Å². The molecule has 4 unspecified atom stereocenters. The second kappa shape index (κ2) is 47.2. The molecule has 105 heavy (non-hydrogen) atoms. The van der Waals surface area contributed by atoms with Crippen molar-refractivity contribution >= 4 is 0 Å². The van der Waals surface area contributed by atoms with E-state index in [1.54, 1.807) is 27.7 Å². The number of hydrogen-bond donors (Lipinski definition) is 6. The van der Waals surface area contributed by atoms with E-state index in [0.717, 1.165) is 0 Å². The van der Waals surface area contributed by atoms with E-state index >= 15 is 0 Å². The molecule has 0 aliphatic heterocycles. The van der Waals surface area contributed by atoms with Gasteiger partial charge in [0.2, 0.25) is 0 Å². The van der Waals surface area contributed by atoms with Crippen LogP contribution in [0.3, 0.4) is 0 Å². The lowest BCUT2D eigenvalue weighted by Gasteiger charge is -2.32. The molecular formula is C63H113F25O17. The maximum atomic E-state index is 13.0. The number of alkyl halides is 25. The van der Waals surface area contributed by atoms with E-state index in [4.69, 9.17) is 38.6 Å².